The fourth-order valence-electron chi connectivity index (χ4n) is 1.24. The van der Waals surface area contributed by atoms with Crippen LogP contribution in [0, 0.1) is 17.0 Å². The molecule has 14 heavy (non-hydrogen) atoms. The van der Waals surface area contributed by atoms with Crippen LogP contribution in [0.15, 0.2) is 12.3 Å². The first-order valence-corrected chi connectivity index (χ1v) is 4.36. The molecular formula is C9H13N3O2. The third kappa shape index (κ3) is 2.50. The zero-order valence-corrected chi connectivity index (χ0v) is 8.23. The normalized spacial score (nSPS) is 12.5. The fraction of sp³-hybridized carbons (Fsp3) is 0.444. The van der Waals surface area contributed by atoms with Crippen molar-refractivity contribution >= 4 is 5.69 Å². The predicted octanol–water partition coefficient (Wildman–Crippen LogP) is 1.19. The number of nitrogens with zero attached hydrogens (tertiary/aromatic N) is 2. The minimum absolute atomic E-state index is 0.0170. The first kappa shape index (κ1) is 10.6. The van der Waals surface area contributed by atoms with Gasteiger partial charge in [-0.25, -0.2) is 0 Å². The average molecular weight is 195 g/mol. The van der Waals surface area contributed by atoms with Gasteiger partial charge in [0.15, 0.2) is 0 Å². The Kier molecular flexibility index (Phi) is 3.14. The predicted molar refractivity (Wildman–Crippen MR) is 53.0 cm³/mol. The van der Waals surface area contributed by atoms with Crippen LogP contribution in [-0.4, -0.2) is 15.9 Å². The monoisotopic (exact) mass is 195 g/mol. The SMILES string of the molecule is Cc1cc(CC(C)N)ncc1[N+](=O)[O-]. The number of rotatable bonds is 3. The van der Waals surface area contributed by atoms with E-state index in [1.165, 1.54) is 6.20 Å². The minimum atomic E-state index is -0.433. The maximum atomic E-state index is 10.5. The molecule has 1 heterocycles. The van der Waals surface area contributed by atoms with Gasteiger partial charge in [-0.2, -0.15) is 0 Å². The van der Waals surface area contributed by atoms with Crippen molar-refractivity contribution in [3.63, 3.8) is 0 Å². The zero-order chi connectivity index (χ0) is 10.7. The lowest BCUT2D eigenvalue weighted by molar-refractivity contribution is -0.385. The standard InChI is InChI=1S/C9H13N3O2/c1-6-3-8(4-7(2)10)11-5-9(6)12(13)14/h3,5,7H,4,10H2,1-2H3. The van der Waals surface area contributed by atoms with Crippen molar-refractivity contribution in [3.8, 4) is 0 Å². The van der Waals surface area contributed by atoms with Gasteiger partial charge in [0, 0.05) is 23.7 Å². The van der Waals surface area contributed by atoms with Gasteiger partial charge in [-0.3, -0.25) is 15.1 Å². The van der Waals surface area contributed by atoms with Crippen molar-refractivity contribution in [1.29, 1.82) is 0 Å². The van der Waals surface area contributed by atoms with E-state index in [0.717, 1.165) is 5.69 Å². The van der Waals surface area contributed by atoms with Crippen LogP contribution in [0.3, 0.4) is 0 Å². The summed E-state index contributed by atoms with van der Waals surface area (Å²) >= 11 is 0. The molecule has 0 radical (unpaired) electrons. The molecule has 2 N–H and O–H groups in total. The van der Waals surface area contributed by atoms with E-state index in [4.69, 9.17) is 5.73 Å². The van der Waals surface area contributed by atoms with Crippen LogP contribution in [0.25, 0.3) is 0 Å². The van der Waals surface area contributed by atoms with Gasteiger partial charge in [0.1, 0.15) is 6.20 Å². The summed E-state index contributed by atoms with van der Waals surface area (Å²) in [6.07, 6.45) is 1.92. The highest BCUT2D eigenvalue weighted by Crippen LogP contribution is 2.16. The van der Waals surface area contributed by atoms with E-state index < -0.39 is 4.92 Å². The Labute approximate surface area is 82.1 Å². The van der Waals surface area contributed by atoms with Crippen molar-refractivity contribution in [3.05, 3.63) is 33.6 Å². The number of pyridine rings is 1. The summed E-state index contributed by atoms with van der Waals surface area (Å²) in [6.45, 7) is 3.57. The molecule has 0 bridgehead atoms. The lowest BCUT2D eigenvalue weighted by Crippen LogP contribution is -2.18. The smallest absolute Gasteiger partial charge is 0.290 e. The first-order chi connectivity index (χ1) is 6.50. The van der Waals surface area contributed by atoms with Gasteiger partial charge in [0.05, 0.1) is 4.92 Å². The topological polar surface area (TPSA) is 82.0 Å². The molecular weight excluding hydrogens is 182 g/mol. The number of nitrogens with two attached hydrogens (primary N) is 1. The molecule has 0 spiro atoms. The van der Waals surface area contributed by atoms with Crippen LogP contribution in [0.2, 0.25) is 0 Å². The second-order valence-corrected chi connectivity index (χ2v) is 3.40. The summed E-state index contributed by atoms with van der Waals surface area (Å²) in [5.74, 6) is 0. The van der Waals surface area contributed by atoms with Crippen molar-refractivity contribution in [1.82, 2.24) is 4.98 Å². The van der Waals surface area contributed by atoms with Crippen LogP contribution in [0.5, 0.6) is 0 Å². The Morgan fingerprint density at radius 3 is 2.79 bits per heavy atom. The minimum Gasteiger partial charge on any atom is -0.328 e. The molecule has 0 saturated carbocycles. The molecule has 0 fully saturated rings. The van der Waals surface area contributed by atoms with Crippen molar-refractivity contribution in [2.75, 3.05) is 0 Å². The van der Waals surface area contributed by atoms with E-state index >= 15 is 0 Å². The third-order valence-corrected chi connectivity index (χ3v) is 1.87. The molecule has 1 atom stereocenters. The number of aryl methyl sites for hydroxylation is 1. The summed E-state index contributed by atoms with van der Waals surface area (Å²) in [4.78, 5) is 14.0. The third-order valence-electron chi connectivity index (χ3n) is 1.87. The van der Waals surface area contributed by atoms with Gasteiger partial charge >= 0.3 is 0 Å². The summed E-state index contributed by atoms with van der Waals surface area (Å²) in [6, 6.07) is 1.73. The molecule has 0 aliphatic carbocycles. The Morgan fingerprint density at radius 1 is 1.71 bits per heavy atom. The van der Waals surface area contributed by atoms with Crippen molar-refractivity contribution < 1.29 is 4.92 Å². The molecule has 0 aliphatic heterocycles. The first-order valence-electron chi connectivity index (χ1n) is 4.36. The van der Waals surface area contributed by atoms with Crippen LogP contribution in [0.1, 0.15) is 18.2 Å². The molecule has 1 unspecified atom stereocenters. The van der Waals surface area contributed by atoms with E-state index in [1.807, 2.05) is 6.92 Å². The van der Waals surface area contributed by atoms with E-state index in [-0.39, 0.29) is 11.7 Å². The highest BCUT2D eigenvalue weighted by Gasteiger charge is 2.11. The zero-order valence-electron chi connectivity index (χ0n) is 8.23. The average Bonchev–Trinajstić information content (AvgIpc) is 2.01. The molecule has 1 rings (SSSR count). The molecule has 0 amide bonds. The van der Waals surface area contributed by atoms with Crippen molar-refractivity contribution in [2.24, 2.45) is 5.73 Å². The largest absolute Gasteiger partial charge is 0.328 e. The second kappa shape index (κ2) is 4.15. The Hall–Kier alpha value is -1.49. The van der Waals surface area contributed by atoms with E-state index in [2.05, 4.69) is 4.98 Å². The molecule has 76 valence electrons. The lowest BCUT2D eigenvalue weighted by Gasteiger charge is -2.04. The number of hydrogen-bond donors (Lipinski definition) is 1. The van der Waals surface area contributed by atoms with E-state index in [9.17, 15) is 10.1 Å². The molecule has 1 aromatic heterocycles. The Bertz CT molecular complexity index is 350. The second-order valence-electron chi connectivity index (χ2n) is 3.40. The van der Waals surface area contributed by atoms with Gasteiger partial charge < -0.3 is 5.73 Å². The summed E-state index contributed by atoms with van der Waals surface area (Å²) < 4.78 is 0. The summed E-state index contributed by atoms with van der Waals surface area (Å²) in [5.41, 5.74) is 7.07. The van der Waals surface area contributed by atoms with Gasteiger partial charge in [0.25, 0.3) is 5.69 Å². The number of aromatic nitrogens is 1. The van der Waals surface area contributed by atoms with Gasteiger partial charge in [-0.1, -0.05) is 0 Å². The van der Waals surface area contributed by atoms with Gasteiger partial charge in [-0.15, -0.1) is 0 Å². The van der Waals surface area contributed by atoms with Crippen LogP contribution in [-0.2, 0) is 6.42 Å². The molecule has 5 heteroatoms. The maximum Gasteiger partial charge on any atom is 0.290 e. The summed E-state index contributed by atoms with van der Waals surface area (Å²) in [7, 11) is 0. The van der Waals surface area contributed by atoms with Gasteiger partial charge in [-0.05, 0) is 19.9 Å². The Balaban J connectivity index is 2.94. The Morgan fingerprint density at radius 2 is 2.36 bits per heavy atom. The van der Waals surface area contributed by atoms with Crippen LogP contribution < -0.4 is 5.73 Å². The lowest BCUT2D eigenvalue weighted by atomic mass is 10.1. The number of nitro groups is 1. The van der Waals surface area contributed by atoms with Crippen LogP contribution >= 0.6 is 0 Å². The molecule has 0 aliphatic rings. The van der Waals surface area contributed by atoms with Crippen LogP contribution in [0.4, 0.5) is 5.69 Å². The van der Waals surface area contributed by atoms with E-state index in [0.29, 0.717) is 12.0 Å². The molecule has 0 aromatic carbocycles. The maximum absolute atomic E-state index is 10.5. The van der Waals surface area contributed by atoms with Gasteiger partial charge in [0.2, 0.25) is 0 Å². The highest BCUT2D eigenvalue weighted by molar-refractivity contribution is 5.37. The molecule has 1 aromatic rings. The highest BCUT2D eigenvalue weighted by atomic mass is 16.6. The quantitative estimate of drug-likeness (QED) is 0.580. The van der Waals surface area contributed by atoms with E-state index in [1.54, 1.807) is 13.0 Å². The molecule has 5 nitrogen and oxygen atoms in total. The summed E-state index contributed by atoms with van der Waals surface area (Å²) in [5, 5.41) is 10.5. The van der Waals surface area contributed by atoms with Crippen molar-refractivity contribution in [2.45, 2.75) is 26.3 Å². The molecule has 0 saturated heterocycles. The number of hydrogen-bond acceptors (Lipinski definition) is 4. The fourth-order valence-corrected chi connectivity index (χ4v) is 1.24.